The third-order valence-corrected chi connectivity index (χ3v) is 10.3. The van der Waals surface area contributed by atoms with Gasteiger partial charge in [-0.05, 0) is 70.7 Å². The molecule has 4 aliphatic rings. The molecule has 4 amide bonds. The van der Waals surface area contributed by atoms with Crippen LogP contribution in [0.15, 0.2) is 54.6 Å². The van der Waals surface area contributed by atoms with Crippen LogP contribution in [0.4, 0.5) is 4.79 Å². The number of carbonyl (C=O) groups excluding carboxylic acids is 4. The number of carbonyl (C=O) groups is 5. The molecule has 3 N–H and O–H groups in total. The Morgan fingerprint density at radius 1 is 1.04 bits per heavy atom. The molecule has 2 saturated heterocycles. The molecule has 6 atom stereocenters. The van der Waals surface area contributed by atoms with Gasteiger partial charge in [-0.25, -0.2) is 14.6 Å². The Labute approximate surface area is 297 Å². The maximum atomic E-state index is 14.4. The summed E-state index contributed by atoms with van der Waals surface area (Å²) in [6.07, 6.45) is 6.72. The second-order valence-corrected chi connectivity index (χ2v) is 15.1. The Morgan fingerprint density at radius 2 is 1.82 bits per heavy atom. The Morgan fingerprint density at radius 3 is 2.57 bits per heavy atom. The van der Waals surface area contributed by atoms with Gasteiger partial charge in [0.05, 0.1) is 12.8 Å². The van der Waals surface area contributed by atoms with Crippen molar-refractivity contribution >= 4 is 29.8 Å². The quantitative estimate of drug-likeness (QED) is 0.390. The summed E-state index contributed by atoms with van der Waals surface area (Å²) in [4.78, 5) is 75.7. The van der Waals surface area contributed by atoms with E-state index in [0.29, 0.717) is 24.3 Å². The lowest BCUT2D eigenvalue weighted by molar-refractivity contribution is -0.146. The van der Waals surface area contributed by atoms with E-state index in [1.165, 1.54) is 4.90 Å². The van der Waals surface area contributed by atoms with Gasteiger partial charge in [0.15, 0.2) is 0 Å². The van der Waals surface area contributed by atoms with Crippen molar-refractivity contribution in [2.24, 2.45) is 17.8 Å². The molecule has 3 fully saturated rings. The highest BCUT2D eigenvalue weighted by atomic mass is 16.6. The van der Waals surface area contributed by atoms with Gasteiger partial charge in [-0.2, -0.15) is 0 Å². The number of methoxy groups -OCH3 is 1. The number of amides is 4. The summed E-state index contributed by atoms with van der Waals surface area (Å²) >= 11 is 0. The molecule has 3 aliphatic heterocycles. The van der Waals surface area contributed by atoms with Crippen LogP contribution in [0.2, 0.25) is 0 Å². The van der Waals surface area contributed by atoms with Crippen molar-refractivity contribution < 1.29 is 38.6 Å². The Hall–Kier alpha value is -4.94. The van der Waals surface area contributed by atoms with Crippen molar-refractivity contribution in [3.63, 3.8) is 0 Å². The van der Waals surface area contributed by atoms with E-state index in [1.54, 1.807) is 44.9 Å². The molecule has 13 heteroatoms. The lowest BCUT2D eigenvalue weighted by atomic mass is 9.93. The summed E-state index contributed by atoms with van der Waals surface area (Å²) in [6.45, 7) is 5.83. The van der Waals surface area contributed by atoms with Crippen LogP contribution in [0, 0.1) is 17.8 Å². The van der Waals surface area contributed by atoms with Gasteiger partial charge in [0.2, 0.25) is 11.8 Å². The number of aromatic nitrogens is 1. The van der Waals surface area contributed by atoms with E-state index in [0.717, 1.165) is 24.8 Å². The number of hydrogen-bond donors (Lipinski definition) is 3. The van der Waals surface area contributed by atoms with E-state index >= 15 is 0 Å². The van der Waals surface area contributed by atoms with Gasteiger partial charge >= 0.3 is 12.1 Å². The highest BCUT2D eigenvalue weighted by Crippen LogP contribution is 2.46. The number of rotatable bonds is 5. The number of hydrogen-bond acceptors (Lipinski definition) is 8. The first-order valence-corrected chi connectivity index (χ1v) is 17.7. The van der Waals surface area contributed by atoms with E-state index in [-0.39, 0.29) is 49.5 Å². The monoisotopic (exact) mass is 701 g/mol. The minimum absolute atomic E-state index is 0.165. The van der Waals surface area contributed by atoms with Crippen molar-refractivity contribution in [2.75, 3.05) is 26.7 Å². The molecule has 13 nitrogen and oxygen atoms in total. The molecule has 2 aromatic rings. The molecule has 0 bridgehead atoms. The molecule has 1 aromatic carbocycles. The van der Waals surface area contributed by atoms with Gasteiger partial charge in [-0.1, -0.05) is 43.2 Å². The summed E-state index contributed by atoms with van der Waals surface area (Å²) in [5.41, 5.74) is -0.607. The zero-order valence-corrected chi connectivity index (χ0v) is 29.6. The normalized spacial score (nSPS) is 28.6. The second kappa shape index (κ2) is 14.4. The molecule has 272 valence electrons. The number of carboxylic acids is 1. The lowest BCUT2D eigenvalue weighted by Crippen LogP contribution is -2.58. The maximum absolute atomic E-state index is 14.4. The van der Waals surface area contributed by atoms with Crippen molar-refractivity contribution in [1.82, 2.24) is 25.4 Å². The number of nitrogens with zero attached hydrogens (tertiary/aromatic N) is 3. The molecule has 4 heterocycles. The molecule has 1 aliphatic carbocycles. The van der Waals surface area contributed by atoms with Gasteiger partial charge in [-0.3, -0.25) is 14.4 Å². The number of fused-ring (bicyclic) bond motifs is 4. The average molecular weight is 702 g/mol. The van der Waals surface area contributed by atoms with Crippen LogP contribution >= 0.6 is 0 Å². The highest BCUT2D eigenvalue weighted by Gasteiger charge is 2.62. The summed E-state index contributed by atoms with van der Waals surface area (Å²) in [5, 5.41) is 15.8. The molecule has 6 rings (SSSR count). The predicted molar refractivity (Wildman–Crippen MR) is 187 cm³/mol. The van der Waals surface area contributed by atoms with Crippen molar-refractivity contribution in [1.29, 1.82) is 0 Å². The average Bonchev–Trinajstić information content (AvgIpc) is 3.44. The molecule has 0 unspecified atom stereocenters. The van der Waals surface area contributed by atoms with E-state index in [1.807, 2.05) is 42.5 Å². The number of carboxylic acid groups (broad SMARTS) is 1. The standard InChI is InChI=1S/C38H47N5O8/c1-37(2,3)51-36(49)40-30-15-9-7-5-6-8-13-25-19-38(25,35(47)48)41-32(44)31-27-22-42(20-24(27)21-43(31)34(30)46)33(45)29-17-11-16-28(39-29)23-12-10-14-26(18-23)50-4/h8,10-14,16-18,24-25,27,30-31H,5-7,9,15,19-22H2,1-4H3,(H,40,49)(H,41,44)(H,47,48)/b13-8-/t24-,25+,27-,30+,31-,38-/m0/s1. The zero-order valence-electron chi connectivity index (χ0n) is 29.6. The van der Waals surface area contributed by atoms with Crippen molar-refractivity contribution in [3.8, 4) is 17.0 Å². The zero-order chi connectivity index (χ0) is 36.5. The molecule has 1 aromatic heterocycles. The second-order valence-electron chi connectivity index (χ2n) is 15.1. The van der Waals surface area contributed by atoms with Crippen LogP contribution < -0.4 is 15.4 Å². The van der Waals surface area contributed by atoms with Crippen molar-refractivity contribution in [3.05, 3.63) is 60.3 Å². The third-order valence-electron chi connectivity index (χ3n) is 10.3. The van der Waals surface area contributed by atoms with Crippen molar-refractivity contribution in [2.45, 2.75) is 82.5 Å². The minimum atomic E-state index is -1.46. The van der Waals surface area contributed by atoms with Gasteiger partial charge in [-0.15, -0.1) is 0 Å². The number of likely N-dealkylation sites (tertiary alicyclic amines) is 1. The van der Waals surface area contributed by atoms with E-state index in [2.05, 4.69) is 15.6 Å². The largest absolute Gasteiger partial charge is 0.497 e. The number of allylic oxidation sites excluding steroid dienone is 1. The summed E-state index contributed by atoms with van der Waals surface area (Å²) < 4.78 is 10.8. The summed E-state index contributed by atoms with van der Waals surface area (Å²) in [7, 11) is 1.58. The van der Waals surface area contributed by atoms with Crippen LogP contribution in [-0.2, 0) is 19.1 Å². The van der Waals surface area contributed by atoms with Gasteiger partial charge in [0, 0.05) is 43.0 Å². The fourth-order valence-electron chi connectivity index (χ4n) is 7.64. The van der Waals surface area contributed by atoms with Crippen LogP contribution in [-0.4, -0.2) is 99.6 Å². The lowest BCUT2D eigenvalue weighted by Gasteiger charge is -2.33. The first-order valence-electron chi connectivity index (χ1n) is 17.7. The number of alkyl carbamates (subject to hydrolysis) is 1. The topological polar surface area (TPSA) is 167 Å². The van der Waals surface area contributed by atoms with E-state index < -0.39 is 53.0 Å². The van der Waals surface area contributed by atoms with Gasteiger partial charge < -0.3 is 35.0 Å². The maximum Gasteiger partial charge on any atom is 0.408 e. The molecule has 51 heavy (non-hydrogen) atoms. The first-order chi connectivity index (χ1) is 24.3. The summed E-state index contributed by atoms with van der Waals surface area (Å²) in [6, 6.07) is 10.6. The van der Waals surface area contributed by atoms with Crippen LogP contribution in [0.25, 0.3) is 11.3 Å². The van der Waals surface area contributed by atoms with E-state index in [9.17, 15) is 29.1 Å². The van der Waals surface area contributed by atoms with Crippen LogP contribution in [0.1, 0.15) is 69.8 Å². The van der Waals surface area contributed by atoms with Gasteiger partial charge in [0.25, 0.3) is 5.91 Å². The molecule has 0 radical (unpaired) electrons. The Bertz CT molecular complexity index is 1720. The van der Waals surface area contributed by atoms with E-state index in [4.69, 9.17) is 9.47 Å². The number of aliphatic carboxylic acids is 1. The Kier molecular flexibility index (Phi) is 10.1. The number of nitrogens with one attached hydrogen (secondary N) is 2. The van der Waals surface area contributed by atoms with Gasteiger partial charge in [0.1, 0.15) is 34.7 Å². The van der Waals surface area contributed by atoms with Crippen LogP contribution in [0.5, 0.6) is 5.75 Å². The third kappa shape index (κ3) is 7.72. The Balaban J connectivity index is 1.27. The fraction of sp³-hybridized carbons (Fsp3) is 0.526. The molecule has 1 saturated carbocycles. The SMILES string of the molecule is COc1cccc(-c2cccc(C(=O)N3C[C@H]4CN5C(=O)[C@H](NC(=O)OC(C)(C)C)CCCCC/C=C\[C@@H]6C[C@]6(C(=O)O)NC(=O)[C@@H]5[C@H]4C3)n2)c1. The number of pyridine rings is 1. The number of ether oxygens (including phenoxy) is 2. The smallest absolute Gasteiger partial charge is 0.408 e. The molecular weight excluding hydrogens is 654 g/mol. The first kappa shape index (κ1) is 35.9. The number of benzene rings is 1. The molecular formula is C38H47N5O8. The summed E-state index contributed by atoms with van der Waals surface area (Å²) in [5.74, 6) is -2.85. The predicted octanol–water partition coefficient (Wildman–Crippen LogP) is 4.03. The fourth-order valence-corrected chi connectivity index (χ4v) is 7.64. The van der Waals surface area contributed by atoms with Crippen LogP contribution in [0.3, 0.4) is 0 Å². The minimum Gasteiger partial charge on any atom is -0.497 e. The molecule has 0 spiro atoms. The highest BCUT2D eigenvalue weighted by molar-refractivity contribution is 5.97.